The number of carbonyl (C=O) groups excluding carboxylic acids is 1. The van der Waals surface area contributed by atoms with Crippen LogP contribution in [0, 0.1) is 0 Å². The summed E-state index contributed by atoms with van der Waals surface area (Å²) in [6, 6.07) is 29.4. The number of alkyl halides is 1. The van der Waals surface area contributed by atoms with E-state index in [-0.39, 0.29) is 21.7 Å². The molecule has 1 unspecified atom stereocenters. The highest BCUT2D eigenvalue weighted by molar-refractivity contribution is 9.10. The molecule has 0 N–H and O–H groups in total. The molecule has 0 aliphatic heterocycles. The van der Waals surface area contributed by atoms with Gasteiger partial charge >= 0.3 is 5.97 Å². The number of hydrogen-bond acceptors (Lipinski definition) is 2. The number of ether oxygens (including phenoxy) is 1. The largest absolute Gasteiger partial charge is 0.460 e. The van der Waals surface area contributed by atoms with Gasteiger partial charge in [0, 0.05) is 0 Å². The lowest BCUT2D eigenvalue weighted by Crippen LogP contribution is -2.13. The molecule has 2 nitrogen and oxygen atoms in total. The smallest absolute Gasteiger partial charge is 0.319 e. The van der Waals surface area contributed by atoms with E-state index >= 15 is 0 Å². The lowest BCUT2D eigenvalue weighted by molar-refractivity contribution is -0.143. The Morgan fingerprint density at radius 2 is 1.31 bits per heavy atom. The molecule has 0 saturated heterocycles. The van der Waals surface area contributed by atoms with Gasteiger partial charge in [0.05, 0.1) is 10.9 Å². The first-order chi connectivity index (χ1) is 12.6. The minimum atomic E-state index is -0.288. The number of halogens is 1. The maximum atomic E-state index is 11.6. The summed E-state index contributed by atoms with van der Waals surface area (Å²) >= 11 is 3.22. The van der Waals surface area contributed by atoms with Gasteiger partial charge in [0.15, 0.2) is 14.7 Å². The monoisotopic (exact) mass is 427 g/mol. The summed E-state index contributed by atoms with van der Waals surface area (Å²) in [5.41, 5.74) is 0.986. The zero-order valence-electron chi connectivity index (χ0n) is 14.5. The number of benzene rings is 3. The van der Waals surface area contributed by atoms with Crippen LogP contribution in [0.3, 0.4) is 0 Å². The zero-order chi connectivity index (χ0) is 18.4. The third-order valence-electron chi connectivity index (χ3n) is 3.82. The van der Waals surface area contributed by atoms with Crippen molar-refractivity contribution in [3.8, 4) is 0 Å². The van der Waals surface area contributed by atoms with Crippen LogP contribution in [-0.4, -0.2) is 10.8 Å². The molecule has 3 aromatic carbocycles. The molecule has 0 amide bonds. The molecule has 132 valence electrons. The van der Waals surface area contributed by atoms with Crippen LogP contribution in [0.2, 0.25) is 0 Å². The van der Waals surface area contributed by atoms with Crippen LogP contribution in [0.1, 0.15) is 12.5 Å². The van der Waals surface area contributed by atoms with Gasteiger partial charge < -0.3 is 4.74 Å². The summed E-state index contributed by atoms with van der Waals surface area (Å²) in [6.07, 6.45) is 0. The Kier molecular flexibility index (Phi) is 6.53. The van der Waals surface area contributed by atoms with Crippen molar-refractivity contribution in [3.05, 3.63) is 90.5 Å². The highest BCUT2D eigenvalue weighted by Gasteiger charge is 2.28. The minimum Gasteiger partial charge on any atom is -0.460 e. The molecule has 0 saturated carbocycles. The molecule has 3 rings (SSSR count). The zero-order valence-corrected chi connectivity index (χ0v) is 16.9. The van der Waals surface area contributed by atoms with Crippen LogP contribution in [-0.2, 0) is 27.0 Å². The first-order valence-corrected chi connectivity index (χ1v) is 10.5. The minimum absolute atomic E-state index is 0.158. The SMILES string of the molecule is CC(Br)C(=O)OCc1ccc([S+](c2ccccc2)c2ccccc2)cc1. The molecular formula is C22H20BrO2S+. The molecule has 4 heteroatoms. The molecule has 0 fully saturated rings. The van der Waals surface area contributed by atoms with Gasteiger partial charge in [0.1, 0.15) is 11.4 Å². The Morgan fingerprint density at radius 3 is 1.77 bits per heavy atom. The van der Waals surface area contributed by atoms with Gasteiger partial charge in [-0.2, -0.15) is 0 Å². The Balaban J connectivity index is 1.85. The maximum absolute atomic E-state index is 11.6. The first kappa shape index (κ1) is 18.7. The molecule has 0 aliphatic carbocycles. The third-order valence-corrected chi connectivity index (χ3v) is 6.43. The molecule has 3 aromatic rings. The standard InChI is InChI=1S/C22H20BrO2S/c1-17(23)22(24)25-16-18-12-14-21(15-13-18)26(19-8-4-2-5-9-19)20-10-6-3-7-11-20/h2-15,17H,16H2,1H3/q+1. The third kappa shape index (κ3) is 4.77. The van der Waals surface area contributed by atoms with Gasteiger partial charge in [-0.1, -0.05) is 64.5 Å². The quantitative estimate of drug-likeness (QED) is 0.290. The highest BCUT2D eigenvalue weighted by atomic mass is 79.9. The number of hydrogen-bond donors (Lipinski definition) is 0. The molecular weight excluding hydrogens is 408 g/mol. The molecule has 0 heterocycles. The second-order valence-electron chi connectivity index (χ2n) is 5.80. The fourth-order valence-corrected chi connectivity index (χ4v) is 4.73. The Bertz CT molecular complexity index is 794. The van der Waals surface area contributed by atoms with Gasteiger partial charge in [0.2, 0.25) is 0 Å². The molecule has 0 spiro atoms. The predicted molar refractivity (Wildman–Crippen MR) is 110 cm³/mol. The summed E-state index contributed by atoms with van der Waals surface area (Å²) in [5.74, 6) is -0.248. The Morgan fingerprint density at radius 1 is 0.846 bits per heavy atom. The van der Waals surface area contributed by atoms with E-state index in [4.69, 9.17) is 4.74 Å². The lowest BCUT2D eigenvalue weighted by Gasteiger charge is -2.09. The molecule has 26 heavy (non-hydrogen) atoms. The van der Waals surface area contributed by atoms with Crippen molar-refractivity contribution in [1.82, 2.24) is 0 Å². The van der Waals surface area contributed by atoms with Crippen LogP contribution in [0.5, 0.6) is 0 Å². The van der Waals surface area contributed by atoms with Gasteiger partial charge in [0.25, 0.3) is 0 Å². The van der Waals surface area contributed by atoms with E-state index in [1.165, 1.54) is 14.7 Å². The van der Waals surface area contributed by atoms with Gasteiger partial charge in [-0.05, 0) is 48.9 Å². The second-order valence-corrected chi connectivity index (χ2v) is 9.20. The first-order valence-electron chi connectivity index (χ1n) is 8.39. The van der Waals surface area contributed by atoms with Crippen molar-refractivity contribution in [2.75, 3.05) is 0 Å². The van der Waals surface area contributed by atoms with Gasteiger partial charge in [-0.3, -0.25) is 4.79 Å². The van der Waals surface area contributed by atoms with E-state index in [0.717, 1.165) is 5.56 Å². The van der Waals surface area contributed by atoms with Gasteiger partial charge in [-0.25, -0.2) is 0 Å². The maximum Gasteiger partial charge on any atom is 0.319 e. The highest BCUT2D eigenvalue weighted by Crippen LogP contribution is 2.31. The van der Waals surface area contributed by atoms with Crippen molar-refractivity contribution in [2.24, 2.45) is 0 Å². The predicted octanol–water partition coefficient (Wildman–Crippen LogP) is 5.61. The molecule has 1 atom stereocenters. The van der Waals surface area contributed by atoms with Crippen LogP contribution in [0.4, 0.5) is 0 Å². The van der Waals surface area contributed by atoms with Crippen molar-refractivity contribution >= 4 is 32.8 Å². The fraction of sp³-hybridized carbons (Fsp3) is 0.136. The number of rotatable bonds is 6. The fourth-order valence-electron chi connectivity index (χ4n) is 2.51. The normalized spacial score (nSPS) is 12.0. The van der Waals surface area contributed by atoms with Gasteiger partial charge in [-0.15, -0.1) is 0 Å². The van der Waals surface area contributed by atoms with Crippen molar-refractivity contribution in [1.29, 1.82) is 0 Å². The van der Waals surface area contributed by atoms with E-state index in [1.807, 2.05) is 24.3 Å². The van der Waals surface area contributed by atoms with E-state index in [0.29, 0.717) is 6.61 Å². The topological polar surface area (TPSA) is 26.3 Å². The Labute approximate surface area is 165 Å². The van der Waals surface area contributed by atoms with Crippen molar-refractivity contribution in [3.63, 3.8) is 0 Å². The summed E-state index contributed by atoms with van der Waals surface area (Å²) in [7, 11) is -0.158. The van der Waals surface area contributed by atoms with E-state index < -0.39 is 0 Å². The second kappa shape index (κ2) is 9.06. The van der Waals surface area contributed by atoms with E-state index in [9.17, 15) is 4.79 Å². The van der Waals surface area contributed by atoms with Crippen LogP contribution in [0.25, 0.3) is 0 Å². The van der Waals surface area contributed by atoms with Crippen molar-refractivity contribution < 1.29 is 9.53 Å². The average molecular weight is 428 g/mol. The van der Waals surface area contributed by atoms with E-state index in [1.54, 1.807) is 6.92 Å². The van der Waals surface area contributed by atoms with Crippen molar-refractivity contribution in [2.45, 2.75) is 33.0 Å². The lowest BCUT2D eigenvalue weighted by atomic mass is 10.2. The molecule has 0 aromatic heterocycles. The Hall–Kier alpha value is -2.04. The summed E-state index contributed by atoms with van der Waals surface area (Å²) in [6.45, 7) is 2.05. The summed E-state index contributed by atoms with van der Waals surface area (Å²) in [4.78, 5) is 15.1. The van der Waals surface area contributed by atoms with Crippen LogP contribution >= 0.6 is 15.9 Å². The van der Waals surface area contributed by atoms with Crippen LogP contribution < -0.4 is 0 Å². The molecule has 0 bridgehead atoms. The average Bonchev–Trinajstić information content (AvgIpc) is 2.69. The molecule has 0 radical (unpaired) electrons. The number of esters is 1. The summed E-state index contributed by atoms with van der Waals surface area (Å²) < 4.78 is 5.28. The van der Waals surface area contributed by atoms with Crippen LogP contribution in [0.15, 0.2) is 99.6 Å². The summed E-state index contributed by atoms with van der Waals surface area (Å²) in [5, 5.41) is 0. The van der Waals surface area contributed by atoms with E-state index in [2.05, 4.69) is 76.6 Å². The molecule has 0 aliphatic rings. The number of carbonyl (C=O) groups is 1.